The van der Waals surface area contributed by atoms with Gasteiger partial charge in [-0.1, -0.05) is 48.7 Å². The third-order valence-corrected chi connectivity index (χ3v) is 3.36. The minimum absolute atomic E-state index is 0.176. The number of ether oxygens (including phenoxy) is 1. The molecule has 2 N–H and O–H groups in total. The van der Waals surface area contributed by atoms with Crippen LogP contribution in [0.25, 0.3) is 0 Å². The van der Waals surface area contributed by atoms with Crippen molar-refractivity contribution in [1.29, 1.82) is 0 Å². The summed E-state index contributed by atoms with van der Waals surface area (Å²) in [5.41, 5.74) is 0.713. The van der Waals surface area contributed by atoms with Crippen LogP contribution in [0.4, 0.5) is 5.69 Å². The van der Waals surface area contributed by atoms with E-state index < -0.39 is 9.96 Å². The van der Waals surface area contributed by atoms with Gasteiger partial charge in [-0.15, -0.1) is 0 Å². The van der Waals surface area contributed by atoms with Gasteiger partial charge in [0, 0.05) is 12.1 Å². The molecule has 0 fully saturated rings. The Labute approximate surface area is 146 Å². The Kier molecular flexibility index (Phi) is 7.60. The van der Waals surface area contributed by atoms with Crippen molar-refractivity contribution in [2.45, 2.75) is 37.2 Å². The van der Waals surface area contributed by atoms with Crippen molar-refractivity contribution >= 4 is 46.4 Å². The maximum absolute atomic E-state index is 11.9. The second-order valence-corrected chi connectivity index (χ2v) is 7.61. The number of benzene rings is 1. The van der Waals surface area contributed by atoms with Crippen LogP contribution >= 0.6 is 34.8 Å². The highest BCUT2D eigenvalue weighted by atomic mass is 35.6. The van der Waals surface area contributed by atoms with Crippen LogP contribution in [0.5, 0.6) is 5.75 Å². The summed E-state index contributed by atoms with van der Waals surface area (Å²) >= 11 is 17.8. The monoisotopic (exact) mass is 366 g/mol. The average Bonchev–Trinajstić information content (AvgIpc) is 2.38. The molecule has 1 aromatic rings. The molecule has 0 aromatic heterocycles. The predicted molar refractivity (Wildman–Crippen MR) is 92.9 cm³/mol. The molecule has 0 aliphatic heterocycles. The first-order chi connectivity index (χ1) is 10.2. The highest BCUT2D eigenvalue weighted by Gasteiger charge is 2.34. The molecule has 124 valence electrons. The molecule has 7 heteroatoms. The minimum Gasteiger partial charge on any atom is -0.494 e. The SMILES string of the molecule is CCOc1ccc(N[C@@H](NC(=O)CC(C)C)C(Cl)(Cl)Cl)cc1. The zero-order valence-corrected chi connectivity index (χ0v) is 15.1. The Hall–Kier alpha value is -0.840. The van der Waals surface area contributed by atoms with Gasteiger partial charge >= 0.3 is 0 Å². The van der Waals surface area contributed by atoms with Gasteiger partial charge in [0.25, 0.3) is 0 Å². The Morgan fingerprint density at radius 3 is 2.27 bits per heavy atom. The predicted octanol–water partition coefficient (Wildman–Crippen LogP) is 4.36. The van der Waals surface area contributed by atoms with Gasteiger partial charge in [-0.3, -0.25) is 4.79 Å². The van der Waals surface area contributed by atoms with Gasteiger partial charge in [-0.25, -0.2) is 0 Å². The molecule has 0 spiro atoms. The molecule has 4 nitrogen and oxygen atoms in total. The fourth-order valence-corrected chi connectivity index (χ4v) is 2.10. The number of nitrogens with one attached hydrogen (secondary N) is 2. The number of amides is 1. The summed E-state index contributed by atoms with van der Waals surface area (Å²) in [6.45, 7) is 6.40. The maximum atomic E-state index is 11.9. The fourth-order valence-electron chi connectivity index (χ4n) is 1.77. The van der Waals surface area contributed by atoms with Crippen molar-refractivity contribution in [3.8, 4) is 5.75 Å². The maximum Gasteiger partial charge on any atom is 0.228 e. The molecular formula is C15H21Cl3N2O2. The van der Waals surface area contributed by atoms with E-state index in [1.54, 1.807) is 24.3 Å². The van der Waals surface area contributed by atoms with Crippen molar-refractivity contribution in [3.63, 3.8) is 0 Å². The van der Waals surface area contributed by atoms with E-state index in [-0.39, 0.29) is 11.8 Å². The highest BCUT2D eigenvalue weighted by Crippen LogP contribution is 2.31. The second kappa shape index (κ2) is 8.70. The normalized spacial score (nSPS) is 12.9. The minimum atomic E-state index is -1.68. The molecule has 0 radical (unpaired) electrons. The summed E-state index contributed by atoms with van der Waals surface area (Å²) in [5, 5.41) is 5.71. The third-order valence-electron chi connectivity index (χ3n) is 2.70. The van der Waals surface area contributed by atoms with Crippen LogP contribution in [0.15, 0.2) is 24.3 Å². The topological polar surface area (TPSA) is 50.4 Å². The zero-order chi connectivity index (χ0) is 16.8. The lowest BCUT2D eigenvalue weighted by Crippen LogP contribution is -2.49. The number of hydrogen-bond acceptors (Lipinski definition) is 3. The van der Waals surface area contributed by atoms with Crippen molar-refractivity contribution < 1.29 is 9.53 Å². The number of alkyl halides is 3. The Morgan fingerprint density at radius 2 is 1.82 bits per heavy atom. The molecule has 0 aliphatic carbocycles. The Bertz CT molecular complexity index is 473. The lowest BCUT2D eigenvalue weighted by atomic mass is 10.1. The summed E-state index contributed by atoms with van der Waals surface area (Å²) < 4.78 is 3.69. The van der Waals surface area contributed by atoms with Gasteiger partial charge in [0.1, 0.15) is 11.9 Å². The van der Waals surface area contributed by atoms with Gasteiger partial charge in [-0.05, 0) is 37.1 Å². The second-order valence-electron chi connectivity index (χ2n) is 5.24. The van der Waals surface area contributed by atoms with Crippen LogP contribution in [-0.2, 0) is 4.79 Å². The van der Waals surface area contributed by atoms with Gasteiger partial charge in [0.05, 0.1) is 6.61 Å². The number of hydrogen-bond donors (Lipinski definition) is 2. The molecule has 0 saturated carbocycles. The molecule has 0 saturated heterocycles. The summed E-state index contributed by atoms with van der Waals surface area (Å²) in [7, 11) is 0. The molecule has 1 atom stereocenters. The number of rotatable bonds is 7. The van der Waals surface area contributed by atoms with E-state index in [0.29, 0.717) is 18.7 Å². The summed E-state index contributed by atoms with van der Waals surface area (Å²) in [4.78, 5) is 11.9. The summed E-state index contributed by atoms with van der Waals surface area (Å²) in [6.07, 6.45) is -0.468. The first-order valence-electron chi connectivity index (χ1n) is 7.07. The van der Waals surface area contributed by atoms with E-state index in [4.69, 9.17) is 39.5 Å². The van der Waals surface area contributed by atoms with Crippen LogP contribution in [0, 0.1) is 5.92 Å². The van der Waals surface area contributed by atoms with Crippen LogP contribution in [-0.4, -0.2) is 22.5 Å². The summed E-state index contributed by atoms with van der Waals surface area (Å²) in [6, 6.07) is 7.19. The smallest absolute Gasteiger partial charge is 0.228 e. The molecule has 0 aliphatic rings. The zero-order valence-electron chi connectivity index (χ0n) is 12.8. The largest absolute Gasteiger partial charge is 0.494 e. The van der Waals surface area contributed by atoms with Crippen LogP contribution in [0.2, 0.25) is 0 Å². The first kappa shape index (κ1) is 19.2. The molecule has 1 amide bonds. The fraction of sp³-hybridized carbons (Fsp3) is 0.533. The van der Waals surface area contributed by atoms with E-state index in [1.165, 1.54) is 0 Å². The van der Waals surface area contributed by atoms with Crippen molar-refractivity contribution in [3.05, 3.63) is 24.3 Å². The third kappa shape index (κ3) is 6.95. The molecular weight excluding hydrogens is 347 g/mol. The van der Waals surface area contributed by atoms with E-state index in [0.717, 1.165) is 5.75 Å². The van der Waals surface area contributed by atoms with Crippen LogP contribution in [0.1, 0.15) is 27.2 Å². The molecule has 0 unspecified atom stereocenters. The van der Waals surface area contributed by atoms with E-state index in [9.17, 15) is 4.79 Å². The standard InChI is InChI=1S/C15H21Cl3N2O2/c1-4-22-12-7-5-11(6-8-12)19-14(15(16,17)18)20-13(21)9-10(2)3/h5-8,10,14,19H,4,9H2,1-3H3,(H,20,21)/t14-/m0/s1. The molecule has 1 aromatic carbocycles. The van der Waals surface area contributed by atoms with Crippen LogP contribution < -0.4 is 15.4 Å². The van der Waals surface area contributed by atoms with E-state index in [2.05, 4.69) is 10.6 Å². The number of carbonyl (C=O) groups is 1. The quantitative estimate of drug-likeness (QED) is 0.556. The first-order valence-corrected chi connectivity index (χ1v) is 8.21. The summed E-state index contributed by atoms with van der Waals surface area (Å²) in [5.74, 6) is 0.800. The average molecular weight is 368 g/mol. The Morgan fingerprint density at radius 1 is 1.23 bits per heavy atom. The van der Waals surface area contributed by atoms with E-state index >= 15 is 0 Å². The lowest BCUT2D eigenvalue weighted by molar-refractivity contribution is -0.122. The van der Waals surface area contributed by atoms with Gasteiger partial charge in [0.2, 0.25) is 9.70 Å². The highest BCUT2D eigenvalue weighted by molar-refractivity contribution is 6.68. The number of carbonyl (C=O) groups excluding carboxylic acids is 1. The lowest BCUT2D eigenvalue weighted by Gasteiger charge is -2.27. The van der Waals surface area contributed by atoms with E-state index in [1.807, 2.05) is 20.8 Å². The van der Waals surface area contributed by atoms with Gasteiger partial charge in [0.15, 0.2) is 0 Å². The van der Waals surface area contributed by atoms with Crippen molar-refractivity contribution in [2.24, 2.45) is 5.92 Å². The number of anilines is 1. The van der Waals surface area contributed by atoms with Gasteiger partial charge < -0.3 is 15.4 Å². The molecule has 22 heavy (non-hydrogen) atoms. The molecule has 0 bridgehead atoms. The van der Waals surface area contributed by atoms with Crippen molar-refractivity contribution in [1.82, 2.24) is 5.32 Å². The molecule has 1 rings (SSSR count). The number of halogens is 3. The van der Waals surface area contributed by atoms with Gasteiger partial charge in [-0.2, -0.15) is 0 Å². The molecule has 0 heterocycles. The Balaban J connectivity index is 2.74. The van der Waals surface area contributed by atoms with Crippen molar-refractivity contribution in [2.75, 3.05) is 11.9 Å². The van der Waals surface area contributed by atoms with Crippen LogP contribution in [0.3, 0.4) is 0 Å².